The van der Waals surface area contributed by atoms with Gasteiger partial charge in [-0.15, -0.1) is 0 Å². The van der Waals surface area contributed by atoms with Crippen molar-refractivity contribution in [3.8, 4) is 0 Å². The predicted molar refractivity (Wildman–Crippen MR) is 63.3 cm³/mol. The Bertz CT molecular complexity index is 410. The molecule has 0 aliphatic carbocycles. The molecule has 1 fully saturated rings. The van der Waals surface area contributed by atoms with E-state index in [0.29, 0.717) is 19.2 Å². The lowest BCUT2D eigenvalue weighted by molar-refractivity contribution is -0.113. The maximum atomic E-state index is 10.6. The summed E-state index contributed by atoms with van der Waals surface area (Å²) in [6.07, 6.45) is 6.20. The van der Waals surface area contributed by atoms with Gasteiger partial charge in [-0.1, -0.05) is 0 Å². The number of carbonyl (C=O) groups excluding carboxylic acids is 1. The number of nitrogens with two attached hydrogens (primary N) is 1. The van der Waals surface area contributed by atoms with Gasteiger partial charge < -0.3 is 15.4 Å². The standard InChI is InChI=1S/C11H14N4O2/c12-10(16)2-1-9-7-13-11(14-8-9)15-3-5-17-6-4-15/h1-2,7-8H,3-6H2,(H2,12,16)/b2-1+. The van der Waals surface area contributed by atoms with E-state index >= 15 is 0 Å². The van der Waals surface area contributed by atoms with Crippen molar-refractivity contribution in [2.24, 2.45) is 5.73 Å². The summed E-state index contributed by atoms with van der Waals surface area (Å²) in [5.41, 5.74) is 5.75. The van der Waals surface area contributed by atoms with E-state index in [4.69, 9.17) is 10.5 Å². The van der Waals surface area contributed by atoms with Gasteiger partial charge in [0.1, 0.15) is 0 Å². The molecule has 2 rings (SSSR count). The number of amides is 1. The van der Waals surface area contributed by atoms with E-state index < -0.39 is 5.91 Å². The largest absolute Gasteiger partial charge is 0.378 e. The van der Waals surface area contributed by atoms with Gasteiger partial charge in [-0.05, 0) is 6.08 Å². The smallest absolute Gasteiger partial charge is 0.241 e. The SMILES string of the molecule is NC(=O)/C=C/c1cnc(N2CCOCC2)nc1. The van der Waals surface area contributed by atoms with E-state index in [1.807, 2.05) is 0 Å². The molecule has 1 amide bonds. The Kier molecular flexibility index (Phi) is 3.66. The summed E-state index contributed by atoms with van der Waals surface area (Å²) < 4.78 is 5.25. The molecule has 90 valence electrons. The van der Waals surface area contributed by atoms with Crippen molar-refractivity contribution in [2.75, 3.05) is 31.2 Å². The molecule has 2 heterocycles. The molecule has 17 heavy (non-hydrogen) atoms. The molecule has 1 aromatic rings. The number of rotatable bonds is 3. The van der Waals surface area contributed by atoms with Crippen LogP contribution in [0.1, 0.15) is 5.56 Å². The molecule has 0 bridgehead atoms. The third-order valence-electron chi connectivity index (χ3n) is 2.39. The van der Waals surface area contributed by atoms with Gasteiger partial charge in [0, 0.05) is 37.1 Å². The topological polar surface area (TPSA) is 81.3 Å². The van der Waals surface area contributed by atoms with Gasteiger partial charge in [-0.3, -0.25) is 4.79 Å². The second-order valence-electron chi connectivity index (χ2n) is 3.65. The summed E-state index contributed by atoms with van der Waals surface area (Å²) in [7, 11) is 0. The fourth-order valence-electron chi connectivity index (χ4n) is 1.52. The number of nitrogens with zero attached hydrogens (tertiary/aromatic N) is 3. The fraction of sp³-hybridized carbons (Fsp3) is 0.364. The number of morpholine rings is 1. The molecule has 6 nitrogen and oxygen atoms in total. The normalized spacial score (nSPS) is 16.4. The summed E-state index contributed by atoms with van der Waals surface area (Å²) in [6.45, 7) is 3.01. The van der Waals surface area contributed by atoms with Crippen molar-refractivity contribution < 1.29 is 9.53 Å². The van der Waals surface area contributed by atoms with Gasteiger partial charge in [0.15, 0.2) is 0 Å². The van der Waals surface area contributed by atoms with Gasteiger partial charge in [-0.2, -0.15) is 0 Å². The first-order valence-corrected chi connectivity index (χ1v) is 5.38. The molecule has 0 unspecified atom stereocenters. The van der Waals surface area contributed by atoms with E-state index in [1.165, 1.54) is 6.08 Å². The molecular formula is C11H14N4O2. The summed E-state index contributed by atoms with van der Waals surface area (Å²) in [4.78, 5) is 21.1. The average Bonchev–Trinajstić information content (AvgIpc) is 2.38. The van der Waals surface area contributed by atoms with E-state index in [2.05, 4.69) is 14.9 Å². The Morgan fingerprint density at radius 2 is 2.00 bits per heavy atom. The first-order valence-electron chi connectivity index (χ1n) is 5.38. The maximum absolute atomic E-state index is 10.6. The van der Waals surface area contributed by atoms with Crippen molar-refractivity contribution >= 4 is 17.9 Å². The fourth-order valence-corrected chi connectivity index (χ4v) is 1.52. The monoisotopic (exact) mass is 234 g/mol. The second kappa shape index (κ2) is 5.40. The summed E-state index contributed by atoms with van der Waals surface area (Å²) in [5, 5.41) is 0. The van der Waals surface area contributed by atoms with Crippen LogP contribution in [0, 0.1) is 0 Å². The van der Waals surface area contributed by atoms with Gasteiger partial charge in [0.25, 0.3) is 0 Å². The van der Waals surface area contributed by atoms with Crippen LogP contribution >= 0.6 is 0 Å². The highest BCUT2D eigenvalue weighted by Gasteiger charge is 2.12. The zero-order valence-corrected chi connectivity index (χ0v) is 9.37. The molecule has 1 saturated heterocycles. The van der Waals surface area contributed by atoms with Crippen LogP contribution in [0.25, 0.3) is 6.08 Å². The minimum atomic E-state index is -0.484. The Morgan fingerprint density at radius 1 is 1.35 bits per heavy atom. The quantitative estimate of drug-likeness (QED) is 0.733. The highest BCUT2D eigenvalue weighted by molar-refractivity contribution is 5.90. The van der Waals surface area contributed by atoms with Gasteiger partial charge >= 0.3 is 0 Å². The Hall–Kier alpha value is -1.95. The molecule has 0 atom stereocenters. The van der Waals surface area contributed by atoms with Crippen LogP contribution < -0.4 is 10.6 Å². The minimum absolute atomic E-state index is 0.484. The van der Waals surface area contributed by atoms with Crippen molar-refractivity contribution in [1.82, 2.24) is 9.97 Å². The van der Waals surface area contributed by atoms with Crippen LogP contribution in [0.4, 0.5) is 5.95 Å². The van der Waals surface area contributed by atoms with Gasteiger partial charge in [-0.25, -0.2) is 9.97 Å². The van der Waals surface area contributed by atoms with Crippen LogP contribution in [0.3, 0.4) is 0 Å². The van der Waals surface area contributed by atoms with E-state index in [0.717, 1.165) is 18.7 Å². The molecule has 1 aliphatic rings. The highest BCUT2D eigenvalue weighted by Crippen LogP contribution is 2.09. The maximum Gasteiger partial charge on any atom is 0.241 e. The Morgan fingerprint density at radius 3 is 2.59 bits per heavy atom. The number of hydrogen-bond acceptors (Lipinski definition) is 5. The zero-order valence-electron chi connectivity index (χ0n) is 9.37. The molecular weight excluding hydrogens is 220 g/mol. The number of primary amides is 1. The van der Waals surface area contributed by atoms with Gasteiger partial charge in [0.2, 0.25) is 11.9 Å². The average molecular weight is 234 g/mol. The van der Waals surface area contributed by atoms with Crippen molar-refractivity contribution in [2.45, 2.75) is 0 Å². The third kappa shape index (κ3) is 3.25. The van der Waals surface area contributed by atoms with E-state index in [9.17, 15) is 4.79 Å². The summed E-state index contributed by atoms with van der Waals surface area (Å²) in [6, 6.07) is 0. The molecule has 1 aliphatic heterocycles. The lowest BCUT2D eigenvalue weighted by Crippen LogP contribution is -2.37. The first kappa shape index (κ1) is 11.5. The van der Waals surface area contributed by atoms with Crippen molar-refractivity contribution in [3.05, 3.63) is 24.0 Å². The number of anilines is 1. The van der Waals surface area contributed by atoms with Crippen molar-refractivity contribution in [3.63, 3.8) is 0 Å². The second-order valence-corrected chi connectivity index (χ2v) is 3.65. The molecule has 0 aromatic carbocycles. The van der Waals surface area contributed by atoms with Crippen LogP contribution in [0.5, 0.6) is 0 Å². The lowest BCUT2D eigenvalue weighted by atomic mass is 10.3. The Labute approximate surface area is 99.1 Å². The number of hydrogen-bond donors (Lipinski definition) is 1. The highest BCUT2D eigenvalue weighted by atomic mass is 16.5. The number of carbonyl (C=O) groups is 1. The van der Waals surface area contributed by atoms with E-state index in [-0.39, 0.29) is 0 Å². The predicted octanol–water partition coefficient (Wildman–Crippen LogP) is -0.188. The summed E-state index contributed by atoms with van der Waals surface area (Å²) in [5.74, 6) is 0.201. The molecule has 2 N–H and O–H groups in total. The lowest BCUT2D eigenvalue weighted by Gasteiger charge is -2.26. The number of ether oxygens (including phenoxy) is 1. The number of aromatic nitrogens is 2. The van der Waals surface area contributed by atoms with Crippen LogP contribution in [-0.4, -0.2) is 42.2 Å². The van der Waals surface area contributed by atoms with Gasteiger partial charge in [0.05, 0.1) is 13.2 Å². The molecule has 1 aromatic heterocycles. The van der Waals surface area contributed by atoms with E-state index in [1.54, 1.807) is 18.5 Å². The van der Waals surface area contributed by atoms with Crippen molar-refractivity contribution in [1.29, 1.82) is 0 Å². The molecule has 0 radical (unpaired) electrons. The Balaban J connectivity index is 2.04. The molecule has 0 saturated carbocycles. The molecule has 6 heteroatoms. The third-order valence-corrected chi connectivity index (χ3v) is 2.39. The van der Waals surface area contributed by atoms with Crippen LogP contribution in [-0.2, 0) is 9.53 Å². The molecule has 0 spiro atoms. The van der Waals surface area contributed by atoms with Crippen LogP contribution in [0.15, 0.2) is 18.5 Å². The first-order chi connectivity index (χ1) is 8.25. The van der Waals surface area contributed by atoms with Crippen LogP contribution in [0.2, 0.25) is 0 Å². The minimum Gasteiger partial charge on any atom is -0.378 e. The summed E-state index contributed by atoms with van der Waals surface area (Å²) >= 11 is 0. The zero-order chi connectivity index (χ0) is 12.1.